The average Bonchev–Trinajstić information content (AvgIpc) is 4.11. The fourth-order valence-corrected chi connectivity index (χ4v) is 11.9. The van der Waals surface area contributed by atoms with Crippen LogP contribution in [0.4, 0.5) is 0 Å². The topological polar surface area (TPSA) is 143 Å². The number of fused-ring (bicyclic) bond motifs is 6. The fraction of sp³-hybridized carbons (Fsp3) is 0.612. The molecule has 2 amide bonds. The lowest BCUT2D eigenvalue weighted by Crippen LogP contribution is -2.67. The lowest BCUT2D eigenvalue weighted by Gasteiger charge is -2.51. The number of carbonyl (C=O) groups excluding carboxylic acids is 3. The van der Waals surface area contributed by atoms with Crippen LogP contribution >= 0.6 is 11.3 Å². The predicted molar refractivity (Wildman–Crippen MR) is 245 cm³/mol. The molecule has 7 atom stereocenters. The minimum atomic E-state index is -0.973. The highest BCUT2D eigenvalue weighted by Gasteiger charge is 2.53. The van der Waals surface area contributed by atoms with Gasteiger partial charge in [0.2, 0.25) is 5.91 Å². The second-order valence-electron chi connectivity index (χ2n) is 20.6. The monoisotopic (exact) mass is 892 g/mol. The molecule has 7 heterocycles. The van der Waals surface area contributed by atoms with Crippen LogP contribution in [0.15, 0.2) is 41.9 Å². The Morgan fingerprint density at radius 3 is 2.50 bits per heavy atom. The maximum Gasteiger partial charge on any atom is 0.324 e. The van der Waals surface area contributed by atoms with Gasteiger partial charge in [-0.2, -0.15) is 0 Å². The number of hydrogen-bond donors (Lipinski definition) is 2. The van der Waals surface area contributed by atoms with E-state index in [0.717, 1.165) is 57.2 Å². The molecule has 5 fully saturated rings. The molecule has 2 aliphatic carbocycles. The molecule has 6 bridgehead atoms. The summed E-state index contributed by atoms with van der Waals surface area (Å²) in [5, 5.41) is 8.74. The number of aromatic nitrogens is 3. The normalized spacial score (nSPS) is 29.1. The van der Waals surface area contributed by atoms with Gasteiger partial charge in [0.15, 0.2) is 0 Å². The van der Waals surface area contributed by atoms with Gasteiger partial charge in [0.25, 0.3) is 5.91 Å². The number of likely N-dealkylation sites (tertiary alicyclic amines) is 2. The summed E-state index contributed by atoms with van der Waals surface area (Å²) in [6.07, 6.45) is 5.88. The molecule has 342 valence electrons. The number of rotatable bonds is 9. The quantitative estimate of drug-likeness (QED) is 0.182. The smallest absolute Gasteiger partial charge is 0.324 e. The van der Waals surface area contributed by atoms with Gasteiger partial charge in [-0.3, -0.25) is 34.2 Å². The van der Waals surface area contributed by atoms with E-state index < -0.39 is 35.1 Å². The highest BCUT2D eigenvalue weighted by Crippen LogP contribution is 2.48. The van der Waals surface area contributed by atoms with E-state index in [4.69, 9.17) is 24.2 Å². The number of carbonyl (C=O) groups is 3. The van der Waals surface area contributed by atoms with Crippen molar-refractivity contribution in [1.29, 1.82) is 0 Å². The number of cyclic esters (lactones) is 1. The van der Waals surface area contributed by atoms with Crippen molar-refractivity contribution >= 4 is 40.0 Å². The number of amides is 2. The number of ether oxygens (including phenoxy) is 3. The zero-order chi connectivity index (χ0) is 44.8. The van der Waals surface area contributed by atoms with Crippen molar-refractivity contribution in [3.8, 4) is 22.5 Å². The van der Waals surface area contributed by atoms with Crippen LogP contribution in [0.1, 0.15) is 102 Å². The number of hydrogen-bond acceptors (Lipinski definition) is 12. The first kappa shape index (κ1) is 43.6. The third-order valence-corrected chi connectivity index (χ3v) is 16.2. The van der Waals surface area contributed by atoms with Gasteiger partial charge in [0.1, 0.15) is 17.1 Å². The van der Waals surface area contributed by atoms with Crippen LogP contribution < -0.4 is 10.7 Å². The first-order chi connectivity index (χ1) is 30.7. The zero-order valence-corrected chi connectivity index (χ0v) is 39.4. The molecule has 0 spiro atoms. The predicted octanol–water partition coefficient (Wildman–Crippen LogP) is 6.32. The Balaban J connectivity index is 1.14. The largest absolute Gasteiger partial charge is 0.464 e. The summed E-state index contributed by atoms with van der Waals surface area (Å²) >= 11 is 1.51. The summed E-state index contributed by atoms with van der Waals surface area (Å²) in [6, 6.07) is 9.56. The molecule has 3 aromatic heterocycles. The molecule has 4 aliphatic heterocycles. The van der Waals surface area contributed by atoms with Gasteiger partial charge in [0.05, 0.1) is 47.5 Å². The van der Waals surface area contributed by atoms with Gasteiger partial charge in [0, 0.05) is 97.9 Å². The van der Waals surface area contributed by atoms with E-state index in [1.165, 1.54) is 34.8 Å². The lowest BCUT2D eigenvalue weighted by atomic mass is 9.84. The zero-order valence-electron chi connectivity index (χ0n) is 38.6. The first-order valence-electron chi connectivity index (χ1n) is 23.4. The van der Waals surface area contributed by atoms with Crippen LogP contribution in [0, 0.1) is 23.2 Å². The number of methoxy groups -OCH3 is 2. The highest BCUT2D eigenvalue weighted by molar-refractivity contribution is 7.10. The van der Waals surface area contributed by atoms with Gasteiger partial charge < -0.3 is 24.1 Å². The Bertz CT molecular complexity index is 2440. The fourth-order valence-electron chi connectivity index (χ4n) is 10.9. The lowest BCUT2D eigenvalue weighted by molar-refractivity contribution is -0.159. The maximum absolute atomic E-state index is 15.0. The van der Waals surface area contributed by atoms with Crippen molar-refractivity contribution in [3.63, 3.8) is 0 Å². The minimum Gasteiger partial charge on any atom is -0.464 e. The molecule has 2 saturated carbocycles. The third-order valence-electron chi connectivity index (χ3n) is 15.3. The molecule has 15 heteroatoms. The van der Waals surface area contributed by atoms with Crippen LogP contribution in [0.2, 0.25) is 0 Å². The van der Waals surface area contributed by atoms with Crippen LogP contribution in [0.25, 0.3) is 33.4 Å². The number of benzene rings is 1. The molecule has 64 heavy (non-hydrogen) atoms. The molecule has 10 rings (SSSR count). The van der Waals surface area contributed by atoms with Gasteiger partial charge in [-0.1, -0.05) is 33.8 Å². The third kappa shape index (κ3) is 7.87. The molecule has 0 radical (unpaired) electrons. The van der Waals surface area contributed by atoms with E-state index in [2.05, 4.69) is 89.4 Å². The summed E-state index contributed by atoms with van der Waals surface area (Å²) < 4.78 is 20.7. The Morgan fingerprint density at radius 2 is 1.80 bits per heavy atom. The second kappa shape index (κ2) is 16.6. The molecule has 2 N–H and O–H groups in total. The van der Waals surface area contributed by atoms with E-state index in [1.807, 2.05) is 19.2 Å². The van der Waals surface area contributed by atoms with Gasteiger partial charge in [-0.25, -0.2) is 10.4 Å². The van der Waals surface area contributed by atoms with E-state index in [9.17, 15) is 9.59 Å². The summed E-state index contributed by atoms with van der Waals surface area (Å²) in [6.45, 7) is 16.2. The van der Waals surface area contributed by atoms with Crippen LogP contribution in [0.5, 0.6) is 0 Å². The number of thiazole rings is 1. The Hall–Kier alpha value is -4.25. The Kier molecular flexibility index (Phi) is 11.3. The molecule has 1 unspecified atom stereocenters. The van der Waals surface area contributed by atoms with Crippen molar-refractivity contribution in [2.45, 2.75) is 116 Å². The minimum absolute atomic E-state index is 0.130. The molecule has 6 aliphatic rings. The van der Waals surface area contributed by atoms with Gasteiger partial charge in [-0.05, 0) is 87.6 Å². The summed E-state index contributed by atoms with van der Waals surface area (Å²) in [7, 11) is 3.44. The molecule has 4 aromatic rings. The molecule has 1 aromatic carbocycles. The Labute approximate surface area is 380 Å². The van der Waals surface area contributed by atoms with E-state index in [1.54, 1.807) is 14.2 Å². The molecule has 14 nitrogen and oxygen atoms in total. The van der Waals surface area contributed by atoms with Gasteiger partial charge in [-0.15, -0.1) is 11.3 Å². The van der Waals surface area contributed by atoms with Crippen molar-refractivity contribution in [1.82, 2.24) is 40.1 Å². The van der Waals surface area contributed by atoms with Crippen LogP contribution in [-0.4, -0.2) is 124 Å². The second-order valence-corrected chi connectivity index (χ2v) is 21.5. The first-order valence-corrected chi connectivity index (χ1v) is 24.2. The van der Waals surface area contributed by atoms with E-state index in [0.29, 0.717) is 44.9 Å². The SMILES string of the molecule is CO[C@@H](C)c1ncccc1-c1c2c3cc(ccc3n1C1CN(C3CC3)C1)-c1csc(n1)[C@@H](N1CC(C)(OC)C1)[C@H](NC(=O)C1[C@@H](C)[C@H]1C)C(=O)N1CCC[C@H](N1)C(=O)OCC(C)(C)C2. The number of pyridine rings is 1. The average molecular weight is 893 g/mol. The summed E-state index contributed by atoms with van der Waals surface area (Å²) in [5.74, 6) is -0.549. The van der Waals surface area contributed by atoms with E-state index >= 15 is 4.79 Å². The van der Waals surface area contributed by atoms with Crippen LogP contribution in [-0.2, 0) is 35.0 Å². The van der Waals surface area contributed by atoms with Crippen molar-refractivity contribution in [2.24, 2.45) is 23.2 Å². The molecule has 3 saturated heterocycles. The summed E-state index contributed by atoms with van der Waals surface area (Å²) in [4.78, 5) is 58.3. The van der Waals surface area contributed by atoms with Crippen molar-refractivity contribution in [2.75, 3.05) is 53.6 Å². The highest BCUT2D eigenvalue weighted by atomic mass is 32.1. The number of nitrogens with one attached hydrogen (secondary N) is 2. The molecular weight excluding hydrogens is 829 g/mol. The standard InChI is InChI=1S/C49H64N8O6S/c1-27-28(2)39(27)44(58)52-41-43(55-24-49(6,25-55)62-8)45-51-37(23-64-45)30-13-16-38-34(19-30)35(20-48(4,5)26-63-47(60)36-12-10-18-56(53-36)46(41)59)42(33-11-9-17-50-40(33)29(3)61-7)57(38)32-21-54(22-32)31-14-15-31/h9,11,13,16-17,19,23,27-29,31-32,36,39,41,43,53H,10,12,14-15,18,20-22,24-26H2,1-8H3,(H,52,58)/t27-,28+,29-,36-,39?,41-,43-/m0/s1. The number of esters is 1. The summed E-state index contributed by atoms with van der Waals surface area (Å²) in [5.41, 5.74) is 9.53. The van der Waals surface area contributed by atoms with Crippen molar-refractivity contribution < 1.29 is 28.6 Å². The van der Waals surface area contributed by atoms with Crippen LogP contribution in [0.3, 0.4) is 0 Å². The molecular formula is C49H64N8O6S. The number of hydrazine groups is 1. The van der Waals surface area contributed by atoms with Gasteiger partial charge >= 0.3 is 5.97 Å². The maximum atomic E-state index is 15.0. The van der Waals surface area contributed by atoms with E-state index in [-0.39, 0.29) is 48.3 Å². The van der Waals surface area contributed by atoms with Crippen molar-refractivity contribution in [3.05, 3.63) is 58.2 Å². The number of nitrogens with zero attached hydrogens (tertiary/aromatic N) is 6. The Morgan fingerprint density at radius 1 is 1.03 bits per heavy atom.